The van der Waals surface area contributed by atoms with E-state index in [1.165, 1.54) is 12.8 Å². The van der Waals surface area contributed by atoms with Crippen LogP contribution >= 0.6 is 0 Å². The predicted octanol–water partition coefficient (Wildman–Crippen LogP) is 3.29. The highest BCUT2D eigenvalue weighted by atomic mass is 16.5. The predicted molar refractivity (Wildman–Crippen MR) is 84.1 cm³/mol. The van der Waals surface area contributed by atoms with Gasteiger partial charge in [0.25, 0.3) is 0 Å². The third-order valence-electron chi connectivity index (χ3n) is 3.29. The Labute approximate surface area is 122 Å². The van der Waals surface area contributed by atoms with E-state index < -0.39 is 0 Å². The summed E-state index contributed by atoms with van der Waals surface area (Å²) in [5.41, 5.74) is 0. The highest BCUT2D eigenvalue weighted by Gasteiger charge is 2.07. The molecular formula is C15H28N4O. The van der Waals surface area contributed by atoms with E-state index in [4.69, 9.17) is 4.74 Å². The van der Waals surface area contributed by atoms with Crippen LogP contribution in [-0.4, -0.2) is 29.7 Å². The van der Waals surface area contributed by atoms with Gasteiger partial charge >= 0.3 is 0 Å². The molecule has 114 valence electrons. The lowest BCUT2D eigenvalue weighted by atomic mass is 10.0. The molecule has 0 fully saturated rings. The monoisotopic (exact) mass is 280 g/mol. The zero-order valence-corrected chi connectivity index (χ0v) is 13.2. The molecule has 0 aliphatic rings. The molecule has 0 saturated heterocycles. The Bertz CT molecular complexity index is 380. The Morgan fingerprint density at radius 2 is 1.70 bits per heavy atom. The standard InChI is InChI=1S/C15H28N4O/c1-5-12(6-2)10-17-14-9-13(16-7-3)18-15(19-14)11-20-8-4/h9,12H,5-8,10-11H2,1-4H3,(H2,16,17,18,19). The lowest BCUT2D eigenvalue weighted by Crippen LogP contribution is -2.15. The third-order valence-corrected chi connectivity index (χ3v) is 3.29. The summed E-state index contributed by atoms with van der Waals surface area (Å²) in [6.45, 7) is 11.4. The second-order valence-corrected chi connectivity index (χ2v) is 4.79. The van der Waals surface area contributed by atoms with Crippen molar-refractivity contribution in [2.24, 2.45) is 5.92 Å². The van der Waals surface area contributed by atoms with Gasteiger partial charge in [0.05, 0.1) is 0 Å². The van der Waals surface area contributed by atoms with Gasteiger partial charge in [0.15, 0.2) is 5.82 Å². The SMILES string of the molecule is CCNc1cc(NCC(CC)CC)nc(COCC)n1. The second kappa shape index (κ2) is 9.53. The van der Waals surface area contributed by atoms with Crippen molar-refractivity contribution in [3.05, 3.63) is 11.9 Å². The first-order valence-corrected chi connectivity index (χ1v) is 7.66. The van der Waals surface area contributed by atoms with Gasteiger partial charge in [0.2, 0.25) is 0 Å². The van der Waals surface area contributed by atoms with Crippen molar-refractivity contribution in [1.82, 2.24) is 9.97 Å². The molecule has 0 aliphatic heterocycles. The molecule has 1 heterocycles. The van der Waals surface area contributed by atoms with E-state index in [1.54, 1.807) is 0 Å². The van der Waals surface area contributed by atoms with E-state index in [2.05, 4.69) is 41.4 Å². The van der Waals surface area contributed by atoms with Crippen LogP contribution in [0.5, 0.6) is 0 Å². The fourth-order valence-electron chi connectivity index (χ4n) is 1.94. The molecule has 1 aromatic rings. The maximum atomic E-state index is 5.40. The molecule has 5 heteroatoms. The maximum Gasteiger partial charge on any atom is 0.158 e. The van der Waals surface area contributed by atoms with E-state index >= 15 is 0 Å². The van der Waals surface area contributed by atoms with Gasteiger partial charge in [-0.25, -0.2) is 9.97 Å². The van der Waals surface area contributed by atoms with Gasteiger partial charge in [0.1, 0.15) is 18.2 Å². The molecule has 0 saturated carbocycles. The van der Waals surface area contributed by atoms with E-state index in [1.807, 2.05) is 13.0 Å². The van der Waals surface area contributed by atoms with Crippen molar-refractivity contribution in [3.63, 3.8) is 0 Å². The van der Waals surface area contributed by atoms with Crippen LogP contribution < -0.4 is 10.6 Å². The first-order chi connectivity index (χ1) is 9.73. The van der Waals surface area contributed by atoms with Crippen molar-refractivity contribution in [2.75, 3.05) is 30.3 Å². The molecule has 1 rings (SSSR count). The van der Waals surface area contributed by atoms with Crippen molar-refractivity contribution < 1.29 is 4.74 Å². The van der Waals surface area contributed by atoms with Crippen molar-refractivity contribution in [3.8, 4) is 0 Å². The Kier molecular flexibility index (Phi) is 7.95. The summed E-state index contributed by atoms with van der Waals surface area (Å²) in [7, 11) is 0. The lowest BCUT2D eigenvalue weighted by Gasteiger charge is -2.15. The summed E-state index contributed by atoms with van der Waals surface area (Å²) in [5, 5.41) is 6.65. The van der Waals surface area contributed by atoms with Crippen LogP contribution in [0.4, 0.5) is 11.6 Å². The topological polar surface area (TPSA) is 59.1 Å². The van der Waals surface area contributed by atoms with Crippen LogP contribution in [0.25, 0.3) is 0 Å². The molecule has 0 atom stereocenters. The van der Waals surface area contributed by atoms with Crippen LogP contribution in [0.15, 0.2) is 6.07 Å². The van der Waals surface area contributed by atoms with Gasteiger partial charge in [-0.2, -0.15) is 0 Å². The van der Waals surface area contributed by atoms with Crippen LogP contribution in [-0.2, 0) is 11.3 Å². The highest BCUT2D eigenvalue weighted by Crippen LogP contribution is 2.14. The number of hydrogen-bond acceptors (Lipinski definition) is 5. The van der Waals surface area contributed by atoms with Crippen molar-refractivity contribution >= 4 is 11.6 Å². The average molecular weight is 280 g/mol. The summed E-state index contributed by atoms with van der Waals surface area (Å²) in [5.74, 6) is 3.13. The number of aromatic nitrogens is 2. The molecule has 0 spiro atoms. The molecule has 1 aromatic heterocycles. The maximum absolute atomic E-state index is 5.40. The Hall–Kier alpha value is -1.36. The third kappa shape index (κ3) is 5.74. The van der Waals surface area contributed by atoms with Crippen LogP contribution in [0.1, 0.15) is 46.4 Å². The fourth-order valence-corrected chi connectivity index (χ4v) is 1.94. The fraction of sp³-hybridized carbons (Fsp3) is 0.733. The molecule has 0 radical (unpaired) electrons. The smallest absolute Gasteiger partial charge is 0.158 e. The molecule has 0 aromatic carbocycles. The lowest BCUT2D eigenvalue weighted by molar-refractivity contribution is 0.128. The normalized spacial score (nSPS) is 10.8. The zero-order chi connectivity index (χ0) is 14.8. The van der Waals surface area contributed by atoms with Gasteiger partial charge < -0.3 is 15.4 Å². The number of ether oxygens (including phenoxy) is 1. The Morgan fingerprint density at radius 1 is 1.05 bits per heavy atom. The molecular weight excluding hydrogens is 252 g/mol. The average Bonchev–Trinajstić information content (AvgIpc) is 2.46. The number of nitrogens with zero attached hydrogens (tertiary/aromatic N) is 2. The van der Waals surface area contributed by atoms with Crippen LogP contribution in [0.3, 0.4) is 0 Å². The molecule has 0 unspecified atom stereocenters. The van der Waals surface area contributed by atoms with Gasteiger partial charge in [-0.1, -0.05) is 26.7 Å². The second-order valence-electron chi connectivity index (χ2n) is 4.79. The zero-order valence-electron chi connectivity index (χ0n) is 13.2. The molecule has 20 heavy (non-hydrogen) atoms. The van der Waals surface area contributed by atoms with E-state index in [-0.39, 0.29) is 0 Å². The summed E-state index contributed by atoms with van der Waals surface area (Å²) in [4.78, 5) is 8.95. The molecule has 0 bridgehead atoms. The number of rotatable bonds is 10. The molecule has 0 aliphatic carbocycles. The van der Waals surface area contributed by atoms with Crippen LogP contribution in [0.2, 0.25) is 0 Å². The first kappa shape index (κ1) is 16.7. The number of nitrogens with one attached hydrogen (secondary N) is 2. The van der Waals surface area contributed by atoms with Gasteiger partial charge in [-0.15, -0.1) is 0 Å². The molecule has 2 N–H and O–H groups in total. The Balaban J connectivity index is 2.74. The minimum atomic E-state index is 0.454. The molecule has 5 nitrogen and oxygen atoms in total. The Morgan fingerprint density at radius 3 is 2.25 bits per heavy atom. The molecule has 0 amide bonds. The van der Waals surface area contributed by atoms with Crippen molar-refractivity contribution in [2.45, 2.75) is 47.1 Å². The van der Waals surface area contributed by atoms with E-state index in [0.717, 1.165) is 30.5 Å². The minimum absolute atomic E-state index is 0.454. The summed E-state index contributed by atoms with van der Waals surface area (Å²) < 4.78 is 5.40. The quantitative estimate of drug-likeness (QED) is 0.688. The number of hydrogen-bond donors (Lipinski definition) is 2. The number of anilines is 2. The van der Waals surface area contributed by atoms with E-state index in [9.17, 15) is 0 Å². The minimum Gasteiger partial charge on any atom is -0.374 e. The van der Waals surface area contributed by atoms with Gasteiger partial charge in [-0.05, 0) is 19.8 Å². The van der Waals surface area contributed by atoms with Crippen molar-refractivity contribution in [1.29, 1.82) is 0 Å². The summed E-state index contributed by atoms with van der Waals surface area (Å²) >= 11 is 0. The largest absolute Gasteiger partial charge is 0.374 e. The van der Waals surface area contributed by atoms with Gasteiger partial charge in [0, 0.05) is 25.8 Å². The summed E-state index contributed by atoms with van der Waals surface area (Å²) in [6, 6.07) is 1.96. The summed E-state index contributed by atoms with van der Waals surface area (Å²) in [6.07, 6.45) is 2.36. The van der Waals surface area contributed by atoms with E-state index in [0.29, 0.717) is 19.1 Å². The highest BCUT2D eigenvalue weighted by molar-refractivity contribution is 5.47. The van der Waals surface area contributed by atoms with Crippen LogP contribution in [0, 0.1) is 5.92 Å². The first-order valence-electron chi connectivity index (χ1n) is 7.66. The van der Waals surface area contributed by atoms with Gasteiger partial charge in [-0.3, -0.25) is 0 Å².